The molecule has 136 valence electrons. The largest absolute Gasteiger partial charge is 0.454 e. The minimum atomic E-state index is -4.44. The number of benzene rings is 1. The number of carbonyl (C=O) groups is 1. The lowest BCUT2D eigenvalue weighted by molar-refractivity contribution is -0.162. The summed E-state index contributed by atoms with van der Waals surface area (Å²) >= 11 is 6.06. The SMILES string of the molecule is CC(C1CC1)N(CC(F)(F)F)C(=O)/C=C/c1cc(Cl)c2c(c1)OCO2. The Bertz CT molecular complexity index is 701. The number of alkyl halides is 3. The summed E-state index contributed by atoms with van der Waals surface area (Å²) in [7, 11) is 0. The average Bonchev–Trinajstić information content (AvgIpc) is 3.27. The Kier molecular flexibility index (Phi) is 4.86. The predicted molar refractivity (Wildman–Crippen MR) is 86.6 cm³/mol. The van der Waals surface area contributed by atoms with Crippen molar-refractivity contribution >= 4 is 23.6 Å². The molecule has 1 aromatic carbocycles. The molecule has 8 heteroatoms. The molecule has 1 atom stereocenters. The molecule has 0 spiro atoms. The van der Waals surface area contributed by atoms with Crippen LogP contribution in [-0.4, -0.2) is 36.4 Å². The van der Waals surface area contributed by atoms with Crippen molar-refractivity contribution in [3.8, 4) is 11.5 Å². The van der Waals surface area contributed by atoms with Gasteiger partial charge in [-0.3, -0.25) is 4.79 Å². The van der Waals surface area contributed by atoms with Gasteiger partial charge in [-0.15, -0.1) is 0 Å². The Labute approximate surface area is 148 Å². The fraction of sp³-hybridized carbons (Fsp3) is 0.471. The van der Waals surface area contributed by atoms with Gasteiger partial charge in [0.15, 0.2) is 11.5 Å². The van der Waals surface area contributed by atoms with Gasteiger partial charge in [0.05, 0.1) is 5.02 Å². The Balaban J connectivity index is 1.76. The van der Waals surface area contributed by atoms with Gasteiger partial charge in [0.2, 0.25) is 12.7 Å². The Morgan fingerprint density at radius 3 is 2.76 bits per heavy atom. The van der Waals surface area contributed by atoms with Crippen LogP contribution < -0.4 is 9.47 Å². The second-order valence-electron chi connectivity index (χ2n) is 6.23. The number of carbonyl (C=O) groups excluding carboxylic acids is 1. The van der Waals surface area contributed by atoms with Crippen LogP contribution in [0.15, 0.2) is 18.2 Å². The Morgan fingerprint density at radius 1 is 1.40 bits per heavy atom. The number of nitrogens with zero attached hydrogens (tertiary/aromatic N) is 1. The molecule has 0 aromatic heterocycles. The molecule has 2 aliphatic rings. The minimum Gasteiger partial charge on any atom is -0.454 e. The number of hydrogen-bond donors (Lipinski definition) is 0. The summed E-state index contributed by atoms with van der Waals surface area (Å²) in [6.45, 7) is 0.460. The third-order valence-electron chi connectivity index (χ3n) is 4.30. The summed E-state index contributed by atoms with van der Waals surface area (Å²) in [5.41, 5.74) is 0.550. The second-order valence-corrected chi connectivity index (χ2v) is 6.64. The van der Waals surface area contributed by atoms with Crippen LogP contribution in [0, 0.1) is 5.92 Å². The summed E-state index contributed by atoms with van der Waals surface area (Å²) in [4.78, 5) is 13.2. The fourth-order valence-electron chi connectivity index (χ4n) is 2.80. The summed E-state index contributed by atoms with van der Waals surface area (Å²) in [5, 5.41) is 0.320. The molecule has 1 fully saturated rings. The highest BCUT2D eigenvalue weighted by Gasteiger charge is 2.39. The maximum Gasteiger partial charge on any atom is 0.406 e. The molecule has 1 saturated carbocycles. The van der Waals surface area contributed by atoms with E-state index in [9.17, 15) is 18.0 Å². The molecular weight excluding hydrogens is 359 g/mol. The number of hydrogen-bond acceptors (Lipinski definition) is 3. The smallest absolute Gasteiger partial charge is 0.406 e. The highest BCUT2D eigenvalue weighted by Crippen LogP contribution is 2.40. The highest BCUT2D eigenvalue weighted by atomic mass is 35.5. The van der Waals surface area contributed by atoms with Crippen LogP contribution in [0.4, 0.5) is 13.2 Å². The summed E-state index contributed by atoms with van der Waals surface area (Å²) in [6, 6.07) is 2.74. The van der Waals surface area contributed by atoms with Crippen LogP contribution in [0.5, 0.6) is 11.5 Å². The molecule has 0 radical (unpaired) electrons. The monoisotopic (exact) mass is 375 g/mol. The van der Waals surface area contributed by atoms with Gasteiger partial charge in [0.25, 0.3) is 0 Å². The first-order valence-electron chi connectivity index (χ1n) is 7.89. The lowest BCUT2D eigenvalue weighted by Crippen LogP contribution is -2.44. The predicted octanol–water partition coefficient (Wildman–Crippen LogP) is 4.27. The van der Waals surface area contributed by atoms with E-state index in [1.807, 2.05) is 0 Å². The molecule has 1 amide bonds. The number of ether oxygens (including phenoxy) is 2. The molecule has 1 heterocycles. The summed E-state index contributed by atoms with van der Waals surface area (Å²) in [5.74, 6) is 0.328. The molecule has 1 aromatic rings. The molecule has 4 nitrogen and oxygen atoms in total. The molecule has 0 saturated heterocycles. The van der Waals surface area contributed by atoms with Crippen molar-refractivity contribution in [2.75, 3.05) is 13.3 Å². The van der Waals surface area contributed by atoms with Crippen molar-refractivity contribution in [1.29, 1.82) is 0 Å². The van der Waals surface area contributed by atoms with Crippen LogP contribution in [-0.2, 0) is 4.79 Å². The molecular formula is C17H17ClF3NO3. The van der Waals surface area contributed by atoms with Gasteiger partial charge in [-0.05, 0) is 49.5 Å². The van der Waals surface area contributed by atoms with Gasteiger partial charge >= 0.3 is 6.18 Å². The van der Waals surface area contributed by atoms with Crippen molar-refractivity contribution in [2.24, 2.45) is 5.92 Å². The van der Waals surface area contributed by atoms with Crippen molar-refractivity contribution in [2.45, 2.75) is 32.0 Å². The van der Waals surface area contributed by atoms with Gasteiger partial charge in [0, 0.05) is 12.1 Å². The lowest BCUT2D eigenvalue weighted by atomic mass is 10.1. The van der Waals surface area contributed by atoms with Gasteiger partial charge in [-0.2, -0.15) is 13.2 Å². The third kappa shape index (κ3) is 4.39. The fourth-order valence-corrected chi connectivity index (χ4v) is 3.07. The number of amides is 1. The first-order valence-corrected chi connectivity index (χ1v) is 8.27. The zero-order valence-electron chi connectivity index (χ0n) is 13.5. The van der Waals surface area contributed by atoms with E-state index in [0.29, 0.717) is 22.1 Å². The van der Waals surface area contributed by atoms with Crippen LogP contribution in [0.25, 0.3) is 6.08 Å². The normalized spacial score (nSPS) is 17.8. The first kappa shape index (κ1) is 17.9. The summed E-state index contributed by atoms with van der Waals surface area (Å²) in [6.07, 6.45) is -0.166. The molecule has 0 bridgehead atoms. The van der Waals surface area contributed by atoms with Crippen molar-refractivity contribution in [1.82, 2.24) is 4.90 Å². The van der Waals surface area contributed by atoms with E-state index < -0.39 is 24.7 Å². The Hall–Kier alpha value is -1.89. The topological polar surface area (TPSA) is 38.8 Å². The molecule has 1 aliphatic heterocycles. The van der Waals surface area contributed by atoms with Crippen molar-refractivity contribution in [3.63, 3.8) is 0 Å². The van der Waals surface area contributed by atoms with Crippen LogP contribution in [0.2, 0.25) is 5.02 Å². The third-order valence-corrected chi connectivity index (χ3v) is 4.58. The van der Waals surface area contributed by atoms with E-state index in [2.05, 4.69) is 0 Å². The van der Waals surface area contributed by atoms with Crippen LogP contribution in [0.1, 0.15) is 25.3 Å². The van der Waals surface area contributed by atoms with E-state index in [0.717, 1.165) is 23.8 Å². The molecule has 25 heavy (non-hydrogen) atoms. The maximum atomic E-state index is 12.8. The number of fused-ring (bicyclic) bond motifs is 1. The van der Waals surface area contributed by atoms with E-state index in [4.69, 9.17) is 21.1 Å². The summed E-state index contributed by atoms with van der Waals surface area (Å²) < 4.78 is 48.9. The van der Waals surface area contributed by atoms with E-state index in [1.54, 1.807) is 19.1 Å². The van der Waals surface area contributed by atoms with Crippen molar-refractivity contribution in [3.05, 3.63) is 28.8 Å². The molecule has 1 aliphatic carbocycles. The maximum absolute atomic E-state index is 12.8. The van der Waals surface area contributed by atoms with E-state index in [1.165, 1.54) is 6.08 Å². The second kappa shape index (κ2) is 6.78. The zero-order chi connectivity index (χ0) is 18.2. The number of halogens is 4. The highest BCUT2D eigenvalue weighted by molar-refractivity contribution is 6.32. The number of rotatable bonds is 5. The Morgan fingerprint density at radius 2 is 2.12 bits per heavy atom. The van der Waals surface area contributed by atoms with Gasteiger partial charge in [-0.25, -0.2) is 0 Å². The van der Waals surface area contributed by atoms with E-state index in [-0.39, 0.29) is 12.7 Å². The van der Waals surface area contributed by atoms with Crippen molar-refractivity contribution < 1.29 is 27.4 Å². The first-order chi connectivity index (χ1) is 11.7. The average molecular weight is 376 g/mol. The van der Waals surface area contributed by atoms with Gasteiger partial charge in [-0.1, -0.05) is 11.6 Å². The van der Waals surface area contributed by atoms with Crippen LogP contribution in [0.3, 0.4) is 0 Å². The molecule has 0 N–H and O–H groups in total. The molecule has 3 rings (SSSR count). The van der Waals surface area contributed by atoms with Crippen LogP contribution >= 0.6 is 11.6 Å². The van der Waals surface area contributed by atoms with Gasteiger partial charge < -0.3 is 14.4 Å². The quantitative estimate of drug-likeness (QED) is 0.721. The van der Waals surface area contributed by atoms with Gasteiger partial charge in [0.1, 0.15) is 6.54 Å². The minimum absolute atomic E-state index is 0.0550. The lowest BCUT2D eigenvalue weighted by Gasteiger charge is -2.29. The molecule has 1 unspecified atom stereocenters. The van der Waals surface area contributed by atoms with E-state index >= 15 is 0 Å². The standard InChI is InChI=1S/C17H17ClF3NO3/c1-10(12-3-4-12)22(8-17(19,20)21)15(23)5-2-11-6-13(18)16-14(7-11)24-9-25-16/h2,5-7,10,12H,3-4,8-9H2,1H3/b5-2+. The zero-order valence-corrected chi connectivity index (χ0v) is 14.2.